The van der Waals surface area contributed by atoms with Gasteiger partial charge in [-0.15, -0.1) is 0 Å². The Labute approximate surface area is 142 Å². The zero-order valence-corrected chi connectivity index (χ0v) is 14.1. The van der Waals surface area contributed by atoms with Crippen molar-refractivity contribution in [3.63, 3.8) is 0 Å². The number of nitrogens with one attached hydrogen (secondary N) is 1. The van der Waals surface area contributed by atoms with Crippen LogP contribution in [-0.2, 0) is 0 Å². The molecule has 0 spiro atoms. The van der Waals surface area contributed by atoms with Crippen molar-refractivity contribution >= 4 is 16.9 Å². The molecule has 5 heteroatoms. The van der Waals surface area contributed by atoms with Crippen molar-refractivity contribution in [1.29, 1.82) is 0 Å². The number of benzene rings is 1. The van der Waals surface area contributed by atoms with E-state index in [0.29, 0.717) is 11.5 Å². The number of fused-ring (bicyclic) bond motifs is 1. The Hall–Kier alpha value is -1.88. The molecule has 0 unspecified atom stereocenters. The van der Waals surface area contributed by atoms with Crippen molar-refractivity contribution in [2.45, 2.75) is 56.9 Å². The molecule has 0 radical (unpaired) electrons. The smallest absolute Gasteiger partial charge is 0.250 e. The number of aromatic nitrogens is 2. The predicted molar refractivity (Wildman–Crippen MR) is 95.0 cm³/mol. The number of rotatable bonds is 3. The molecule has 4 rings (SSSR count). The van der Waals surface area contributed by atoms with Crippen LogP contribution in [0.25, 0.3) is 11.0 Å². The molecule has 2 aromatic rings. The number of imidazole rings is 1. The first-order chi connectivity index (χ1) is 11.7. The summed E-state index contributed by atoms with van der Waals surface area (Å²) in [6, 6.07) is 6.38. The second-order valence-corrected chi connectivity index (χ2v) is 7.29. The standard InChI is InChI=1S/C19H26N4O/c20-18(24)15-7-4-8-16-17(15)22-19(21-16)13-9-11-23(12-10-13)14-5-2-1-3-6-14/h4,7-8,13-14H,1-3,5-6,9-12H2,(H2,20,24)(H,21,22). The number of primary amides is 1. The lowest BCUT2D eigenvalue weighted by molar-refractivity contribution is 0.100. The van der Waals surface area contributed by atoms with Gasteiger partial charge in [-0.05, 0) is 50.9 Å². The van der Waals surface area contributed by atoms with E-state index in [1.807, 2.05) is 12.1 Å². The van der Waals surface area contributed by atoms with E-state index < -0.39 is 5.91 Å². The fourth-order valence-corrected chi connectivity index (χ4v) is 4.43. The molecule has 1 saturated heterocycles. The summed E-state index contributed by atoms with van der Waals surface area (Å²) in [7, 11) is 0. The largest absolute Gasteiger partial charge is 0.366 e. The zero-order chi connectivity index (χ0) is 16.5. The number of aromatic amines is 1. The lowest BCUT2D eigenvalue weighted by Gasteiger charge is -2.38. The summed E-state index contributed by atoms with van der Waals surface area (Å²) in [5, 5.41) is 0. The summed E-state index contributed by atoms with van der Waals surface area (Å²) >= 11 is 0. The van der Waals surface area contributed by atoms with Crippen LogP contribution in [0.3, 0.4) is 0 Å². The lowest BCUT2D eigenvalue weighted by Crippen LogP contribution is -2.42. The molecule has 1 aliphatic heterocycles. The van der Waals surface area contributed by atoms with Crippen LogP contribution >= 0.6 is 0 Å². The number of piperidine rings is 1. The fraction of sp³-hybridized carbons (Fsp3) is 0.579. The van der Waals surface area contributed by atoms with Gasteiger partial charge in [0, 0.05) is 12.0 Å². The Morgan fingerprint density at radius 2 is 1.88 bits per heavy atom. The Kier molecular flexibility index (Phi) is 4.27. The third kappa shape index (κ3) is 2.93. The topological polar surface area (TPSA) is 75.0 Å². The van der Waals surface area contributed by atoms with Gasteiger partial charge in [0.15, 0.2) is 0 Å². The van der Waals surface area contributed by atoms with Gasteiger partial charge in [-0.25, -0.2) is 4.98 Å². The normalized spacial score (nSPS) is 21.3. The van der Waals surface area contributed by atoms with Crippen LogP contribution in [-0.4, -0.2) is 39.9 Å². The second-order valence-electron chi connectivity index (χ2n) is 7.29. The monoisotopic (exact) mass is 326 g/mol. The maximum Gasteiger partial charge on any atom is 0.250 e. The van der Waals surface area contributed by atoms with Crippen LogP contribution < -0.4 is 5.73 Å². The molecule has 1 saturated carbocycles. The molecule has 0 bridgehead atoms. The van der Waals surface area contributed by atoms with Crippen molar-refractivity contribution < 1.29 is 4.79 Å². The molecule has 0 atom stereocenters. The summed E-state index contributed by atoms with van der Waals surface area (Å²) in [4.78, 5) is 22.4. The van der Waals surface area contributed by atoms with Gasteiger partial charge < -0.3 is 15.6 Å². The molecular formula is C19H26N4O. The fourth-order valence-electron chi connectivity index (χ4n) is 4.43. The number of hydrogen-bond donors (Lipinski definition) is 2. The lowest BCUT2D eigenvalue weighted by atomic mass is 9.90. The van der Waals surface area contributed by atoms with E-state index in [9.17, 15) is 4.79 Å². The average molecular weight is 326 g/mol. The SMILES string of the molecule is NC(=O)c1cccc2[nH]c(C3CCN(C4CCCCC4)CC3)nc12. The van der Waals surface area contributed by atoms with Gasteiger partial charge in [-0.2, -0.15) is 0 Å². The Morgan fingerprint density at radius 3 is 2.58 bits per heavy atom. The van der Waals surface area contributed by atoms with Gasteiger partial charge >= 0.3 is 0 Å². The summed E-state index contributed by atoms with van der Waals surface area (Å²) in [5.41, 5.74) is 7.61. The minimum Gasteiger partial charge on any atom is -0.366 e. The molecule has 1 aliphatic carbocycles. The van der Waals surface area contributed by atoms with Crippen LogP contribution in [0.4, 0.5) is 0 Å². The molecule has 1 aromatic carbocycles. The van der Waals surface area contributed by atoms with Gasteiger partial charge in [0.05, 0.1) is 11.1 Å². The third-order valence-electron chi connectivity index (χ3n) is 5.80. The summed E-state index contributed by atoms with van der Waals surface area (Å²) in [6.07, 6.45) is 9.22. The molecular weight excluding hydrogens is 300 g/mol. The number of nitrogens with two attached hydrogens (primary N) is 1. The van der Waals surface area contributed by atoms with Gasteiger partial charge in [0.25, 0.3) is 5.91 Å². The number of likely N-dealkylation sites (tertiary alicyclic amines) is 1. The highest BCUT2D eigenvalue weighted by Crippen LogP contribution is 2.32. The van der Waals surface area contributed by atoms with E-state index in [-0.39, 0.29) is 0 Å². The highest BCUT2D eigenvalue weighted by atomic mass is 16.1. The molecule has 2 fully saturated rings. The van der Waals surface area contributed by atoms with Gasteiger partial charge in [0.2, 0.25) is 0 Å². The molecule has 3 N–H and O–H groups in total. The van der Waals surface area contributed by atoms with Crippen molar-refractivity contribution in [2.24, 2.45) is 5.73 Å². The van der Waals surface area contributed by atoms with E-state index in [2.05, 4.69) is 9.88 Å². The maximum absolute atomic E-state index is 11.6. The number of para-hydroxylation sites is 1. The number of carbonyl (C=O) groups excluding carboxylic acids is 1. The average Bonchev–Trinajstić information content (AvgIpc) is 3.06. The van der Waals surface area contributed by atoms with Gasteiger partial charge in [-0.1, -0.05) is 25.3 Å². The molecule has 24 heavy (non-hydrogen) atoms. The van der Waals surface area contributed by atoms with Gasteiger partial charge in [-0.3, -0.25) is 4.79 Å². The number of nitrogens with zero attached hydrogens (tertiary/aromatic N) is 2. The zero-order valence-electron chi connectivity index (χ0n) is 14.1. The quantitative estimate of drug-likeness (QED) is 0.909. The summed E-state index contributed by atoms with van der Waals surface area (Å²) in [6.45, 7) is 2.32. The van der Waals surface area contributed by atoms with Crippen LogP contribution in [0.2, 0.25) is 0 Å². The summed E-state index contributed by atoms with van der Waals surface area (Å²) < 4.78 is 0. The number of H-pyrrole nitrogens is 1. The minimum atomic E-state index is -0.411. The number of amides is 1. The molecule has 1 amide bonds. The minimum absolute atomic E-state index is 0.411. The first-order valence-corrected chi connectivity index (χ1v) is 9.25. The molecule has 2 aliphatic rings. The summed E-state index contributed by atoms with van der Waals surface area (Å²) in [5.74, 6) is 1.06. The van der Waals surface area contributed by atoms with E-state index in [1.165, 1.54) is 32.1 Å². The Balaban J connectivity index is 1.48. The molecule has 2 heterocycles. The van der Waals surface area contributed by atoms with Crippen LogP contribution in [0.1, 0.15) is 67.0 Å². The van der Waals surface area contributed by atoms with E-state index in [1.54, 1.807) is 6.07 Å². The number of hydrogen-bond acceptors (Lipinski definition) is 3. The van der Waals surface area contributed by atoms with Crippen LogP contribution in [0.15, 0.2) is 18.2 Å². The van der Waals surface area contributed by atoms with Crippen LogP contribution in [0.5, 0.6) is 0 Å². The Bertz CT molecular complexity index is 724. The maximum atomic E-state index is 11.6. The predicted octanol–water partition coefficient (Wildman–Crippen LogP) is 3.17. The molecule has 1 aromatic heterocycles. The Morgan fingerprint density at radius 1 is 1.12 bits per heavy atom. The first-order valence-electron chi connectivity index (χ1n) is 9.25. The van der Waals surface area contributed by atoms with Crippen molar-refractivity contribution in [1.82, 2.24) is 14.9 Å². The second kappa shape index (κ2) is 6.55. The van der Waals surface area contributed by atoms with E-state index >= 15 is 0 Å². The van der Waals surface area contributed by atoms with Crippen LogP contribution in [0, 0.1) is 0 Å². The van der Waals surface area contributed by atoms with E-state index in [0.717, 1.165) is 48.8 Å². The van der Waals surface area contributed by atoms with Crippen molar-refractivity contribution in [2.75, 3.05) is 13.1 Å². The van der Waals surface area contributed by atoms with E-state index in [4.69, 9.17) is 10.7 Å². The highest BCUT2D eigenvalue weighted by molar-refractivity contribution is 6.04. The molecule has 5 nitrogen and oxygen atoms in total. The third-order valence-corrected chi connectivity index (χ3v) is 5.80. The molecule has 128 valence electrons. The van der Waals surface area contributed by atoms with Crippen molar-refractivity contribution in [3.8, 4) is 0 Å². The first kappa shape index (κ1) is 15.6. The highest BCUT2D eigenvalue weighted by Gasteiger charge is 2.28. The number of carbonyl (C=O) groups is 1. The van der Waals surface area contributed by atoms with Gasteiger partial charge in [0.1, 0.15) is 11.3 Å². The van der Waals surface area contributed by atoms with Crippen molar-refractivity contribution in [3.05, 3.63) is 29.6 Å².